The first kappa shape index (κ1) is 14.6. The van der Waals surface area contributed by atoms with Crippen molar-refractivity contribution in [1.29, 1.82) is 0 Å². The third-order valence-electron chi connectivity index (χ3n) is 3.29. The molecule has 1 aromatic heterocycles. The lowest BCUT2D eigenvalue weighted by Gasteiger charge is -2.11. The van der Waals surface area contributed by atoms with Gasteiger partial charge in [-0.15, -0.1) is 11.6 Å². The maximum Gasteiger partial charge on any atom is 0.160 e. The number of aromatic nitrogens is 2. The van der Waals surface area contributed by atoms with Gasteiger partial charge in [0.25, 0.3) is 0 Å². The summed E-state index contributed by atoms with van der Waals surface area (Å²) in [6.07, 6.45) is 0. The predicted molar refractivity (Wildman–Crippen MR) is 85.3 cm³/mol. The van der Waals surface area contributed by atoms with Crippen molar-refractivity contribution in [2.45, 2.75) is 12.8 Å². The highest BCUT2D eigenvalue weighted by Crippen LogP contribution is 2.31. The summed E-state index contributed by atoms with van der Waals surface area (Å²) in [5.74, 6) is 0.246. The number of nitrogens with zero attached hydrogens (tertiary/aromatic N) is 2. The standard InChI is InChI=1S/C15H10Cl3FN2/c1-8-3-2-4-12-15(8)21(13(7-16)20-12)9-5-10(17)14(19)11(18)6-9/h2-6H,7H2,1H3. The zero-order chi connectivity index (χ0) is 15.1. The minimum Gasteiger partial charge on any atom is -0.295 e. The Balaban J connectivity index is 2.39. The Morgan fingerprint density at radius 1 is 1.19 bits per heavy atom. The van der Waals surface area contributed by atoms with Gasteiger partial charge in [0.2, 0.25) is 0 Å². The minimum absolute atomic E-state index is 0.0338. The molecule has 0 saturated carbocycles. The van der Waals surface area contributed by atoms with Gasteiger partial charge in [0.1, 0.15) is 5.82 Å². The fourth-order valence-electron chi connectivity index (χ4n) is 2.38. The lowest BCUT2D eigenvalue weighted by Crippen LogP contribution is -2.01. The molecule has 0 amide bonds. The van der Waals surface area contributed by atoms with E-state index in [1.165, 1.54) is 12.1 Å². The molecule has 0 bridgehead atoms. The van der Waals surface area contributed by atoms with Crippen LogP contribution in [0.5, 0.6) is 0 Å². The van der Waals surface area contributed by atoms with E-state index in [-0.39, 0.29) is 15.9 Å². The van der Waals surface area contributed by atoms with E-state index in [1.807, 2.05) is 29.7 Å². The number of alkyl halides is 1. The van der Waals surface area contributed by atoms with Crippen LogP contribution < -0.4 is 0 Å². The number of rotatable bonds is 2. The van der Waals surface area contributed by atoms with Gasteiger partial charge in [-0.05, 0) is 30.7 Å². The van der Waals surface area contributed by atoms with Crippen molar-refractivity contribution in [3.63, 3.8) is 0 Å². The molecule has 0 unspecified atom stereocenters. The van der Waals surface area contributed by atoms with Crippen LogP contribution in [0.3, 0.4) is 0 Å². The van der Waals surface area contributed by atoms with Gasteiger partial charge in [-0.3, -0.25) is 4.57 Å². The summed E-state index contributed by atoms with van der Waals surface area (Å²) in [6, 6.07) is 8.85. The second kappa shape index (κ2) is 5.48. The van der Waals surface area contributed by atoms with Crippen molar-refractivity contribution in [3.8, 4) is 5.69 Å². The molecule has 6 heteroatoms. The lowest BCUT2D eigenvalue weighted by atomic mass is 10.2. The molecule has 0 N–H and O–H groups in total. The molecule has 0 atom stereocenters. The van der Waals surface area contributed by atoms with Crippen LogP contribution in [0, 0.1) is 12.7 Å². The van der Waals surface area contributed by atoms with Gasteiger partial charge in [-0.25, -0.2) is 9.37 Å². The molecule has 3 aromatic rings. The number of imidazole rings is 1. The van der Waals surface area contributed by atoms with E-state index < -0.39 is 5.82 Å². The summed E-state index contributed by atoms with van der Waals surface area (Å²) in [5, 5.41) is -0.0677. The average Bonchev–Trinajstić information content (AvgIpc) is 2.84. The summed E-state index contributed by atoms with van der Waals surface area (Å²) in [4.78, 5) is 4.50. The normalized spacial score (nSPS) is 11.3. The van der Waals surface area contributed by atoms with E-state index >= 15 is 0 Å². The molecular formula is C15H10Cl3FN2. The molecule has 0 fully saturated rings. The number of benzene rings is 2. The third-order valence-corrected chi connectivity index (χ3v) is 4.08. The lowest BCUT2D eigenvalue weighted by molar-refractivity contribution is 0.628. The SMILES string of the molecule is Cc1cccc2nc(CCl)n(-c3cc(Cl)c(F)c(Cl)c3)c12. The van der Waals surface area contributed by atoms with Crippen LogP contribution in [0.1, 0.15) is 11.4 Å². The highest BCUT2D eigenvalue weighted by Gasteiger charge is 2.16. The topological polar surface area (TPSA) is 17.8 Å². The Kier molecular flexibility index (Phi) is 3.82. The summed E-state index contributed by atoms with van der Waals surface area (Å²) >= 11 is 17.8. The monoisotopic (exact) mass is 342 g/mol. The number of hydrogen-bond donors (Lipinski definition) is 0. The van der Waals surface area contributed by atoms with E-state index in [9.17, 15) is 4.39 Å². The predicted octanol–water partition coefficient (Wildman–Crippen LogP) is 5.52. The molecule has 0 aliphatic heterocycles. The third kappa shape index (κ3) is 2.39. The van der Waals surface area contributed by atoms with Crippen LogP contribution in [0.25, 0.3) is 16.7 Å². The highest BCUT2D eigenvalue weighted by molar-refractivity contribution is 6.35. The second-order valence-electron chi connectivity index (χ2n) is 4.66. The average molecular weight is 344 g/mol. The summed E-state index contributed by atoms with van der Waals surface area (Å²) in [6.45, 7) is 1.98. The van der Waals surface area contributed by atoms with Gasteiger partial charge >= 0.3 is 0 Å². The van der Waals surface area contributed by atoms with Crippen LogP contribution in [0.2, 0.25) is 10.0 Å². The molecule has 3 rings (SSSR count). The number of fused-ring (bicyclic) bond motifs is 1. The van der Waals surface area contributed by atoms with E-state index in [0.717, 1.165) is 16.6 Å². The fraction of sp³-hybridized carbons (Fsp3) is 0.133. The molecule has 0 spiro atoms. The smallest absolute Gasteiger partial charge is 0.160 e. The Hall–Kier alpha value is -1.29. The number of para-hydroxylation sites is 1. The van der Waals surface area contributed by atoms with Gasteiger partial charge in [-0.1, -0.05) is 35.3 Å². The molecule has 1 heterocycles. The van der Waals surface area contributed by atoms with Gasteiger partial charge < -0.3 is 0 Å². The molecule has 2 nitrogen and oxygen atoms in total. The van der Waals surface area contributed by atoms with Crippen LogP contribution in [-0.4, -0.2) is 9.55 Å². The quantitative estimate of drug-likeness (QED) is 0.442. The first-order chi connectivity index (χ1) is 10.0. The summed E-state index contributed by atoms with van der Waals surface area (Å²) in [7, 11) is 0. The van der Waals surface area contributed by atoms with Crippen molar-refractivity contribution in [1.82, 2.24) is 9.55 Å². The largest absolute Gasteiger partial charge is 0.295 e. The van der Waals surface area contributed by atoms with E-state index in [4.69, 9.17) is 34.8 Å². The zero-order valence-corrected chi connectivity index (χ0v) is 13.3. The Labute approximate surface area is 136 Å². The number of aryl methyl sites for hydroxylation is 1. The maximum atomic E-state index is 13.6. The first-order valence-electron chi connectivity index (χ1n) is 6.20. The van der Waals surface area contributed by atoms with Crippen molar-refractivity contribution in [2.75, 3.05) is 0 Å². The molecule has 0 radical (unpaired) electrons. The minimum atomic E-state index is -0.629. The van der Waals surface area contributed by atoms with E-state index in [2.05, 4.69) is 4.98 Å². The molecule has 0 aliphatic rings. The van der Waals surface area contributed by atoms with Crippen LogP contribution in [0.15, 0.2) is 30.3 Å². The molecule has 108 valence electrons. The van der Waals surface area contributed by atoms with Crippen LogP contribution >= 0.6 is 34.8 Å². The number of hydrogen-bond acceptors (Lipinski definition) is 1. The molecule has 21 heavy (non-hydrogen) atoms. The van der Waals surface area contributed by atoms with Crippen LogP contribution in [0.4, 0.5) is 4.39 Å². The fourth-order valence-corrected chi connectivity index (χ4v) is 3.04. The van der Waals surface area contributed by atoms with Gasteiger partial charge in [-0.2, -0.15) is 0 Å². The van der Waals surface area contributed by atoms with Crippen LogP contribution in [-0.2, 0) is 5.88 Å². The van der Waals surface area contributed by atoms with Gasteiger partial charge in [0, 0.05) is 0 Å². The van der Waals surface area contributed by atoms with Gasteiger partial charge in [0.15, 0.2) is 5.82 Å². The van der Waals surface area contributed by atoms with E-state index in [0.29, 0.717) is 11.5 Å². The second-order valence-corrected chi connectivity index (χ2v) is 5.74. The van der Waals surface area contributed by atoms with Crippen molar-refractivity contribution < 1.29 is 4.39 Å². The molecular weight excluding hydrogens is 334 g/mol. The molecule has 2 aromatic carbocycles. The molecule has 0 saturated heterocycles. The van der Waals surface area contributed by atoms with E-state index in [1.54, 1.807) is 0 Å². The zero-order valence-electron chi connectivity index (χ0n) is 11.0. The highest BCUT2D eigenvalue weighted by atomic mass is 35.5. The van der Waals surface area contributed by atoms with Crippen molar-refractivity contribution in [3.05, 3.63) is 57.6 Å². The van der Waals surface area contributed by atoms with Crippen molar-refractivity contribution >= 4 is 45.8 Å². The Morgan fingerprint density at radius 2 is 1.86 bits per heavy atom. The summed E-state index contributed by atoms with van der Waals surface area (Å²) < 4.78 is 15.5. The van der Waals surface area contributed by atoms with Gasteiger partial charge in [0.05, 0.1) is 32.6 Å². The first-order valence-corrected chi connectivity index (χ1v) is 7.49. The Morgan fingerprint density at radius 3 is 2.48 bits per heavy atom. The summed E-state index contributed by atoms with van der Waals surface area (Å²) in [5.41, 5.74) is 3.40. The number of halogens is 4. The molecule has 0 aliphatic carbocycles. The maximum absolute atomic E-state index is 13.6. The Bertz CT molecular complexity index is 819. The van der Waals surface area contributed by atoms with Crippen molar-refractivity contribution in [2.24, 2.45) is 0 Å².